The van der Waals surface area contributed by atoms with E-state index in [4.69, 9.17) is 0 Å². The zero-order chi connectivity index (χ0) is 14.0. The third-order valence-corrected chi connectivity index (χ3v) is 3.00. The molecule has 0 N–H and O–H groups in total. The zero-order valence-electron chi connectivity index (χ0n) is 9.59. The number of Topliss-reactive ketones (excluding diaryl/α,β-unsaturated/α-hetero) is 1. The topological polar surface area (TPSA) is 17.1 Å². The largest absolute Gasteiger partial charge is 0.294 e. The van der Waals surface area contributed by atoms with Crippen molar-refractivity contribution in [3.63, 3.8) is 0 Å². The Morgan fingerprint density at radius 1 is 1.00 bits per heavy atom. The summed E-state index contributed by atoms with van der Waals surface area (Å²) in [7, 11) is 0. The Bertz CT molecular complexity index is 620. The highest BCUT2D eigenvalue weighted by Crippen LogP contribution is 2.18. The van der Waals surface area contributed by atoms with Gasteiger partial charge in [0.05, 0.1) is 0 Å². The Balaban J connectivity index is 2.28. The summed E-state index contributed by atoms with van der Waals surface area (Å²) in [6, 6.07) is 6.59. The van der Waals surface area contributed by atoms with Crippen LogP contribution < -0.4 is 0 Å². The van der Waals surface area contributed by atoms with Crippen LogP contribution in [0.1, 0.15) is 15.9 Å². The summed E-state index contributed by atoms with van der Waals surface area (Å²) in [5.74, 6) is -2.34. The molecule has 98 valence electrons. The summed E-state index contributed by atoms with van der Waals surface area (Å²) >= 11 is 3.07. The average Bonchev–Trinajstić information content (AvgIpc) is 2.32. The van der Waals surface area contributed by atoms with Gasteiger partial charge in [-0.15, -0.1) is 0 Å². The van der Waals surface area contributed by atoms with Gasteiger partial charge in [0.1, 0.15) is 17.5 Å². The van der Waals surface area contributed by atoms with E-state index in [9.17, 15) is 18.0 Å². The molecule has 0 amide bonds. The maximum Gasteiger partial charge on any atom is 0.167 e. The number of benzene rings is 2. The normalized spacial score (nSPS) is 10.5. The predicted octanol–water partition coefficient (Wildman–Crippen LogP) is 4.29. The number of ketones is 1. The monoisotopic (exact) mass is 328 g/mol. The van der Waals surface area contributed by atoms with Gasteiger partial charge in [0.2, 0.25) is 0 Å². The summed E-state index contributed by atoms with van der Waals surface area (Å²) in [4.78, 5) is 11.9. The van der Waals surface area contributed by atoms with Gasteiger partial charge in [0.25, 0.3) is 0 Å². The highest BCUT2D eigenvalue weighted by Gasteiger charge is 2.13. The van der Waals surface area contributed by atoms with Gasteiger partial charge in [-0.1, -0.05) is 15.9 Å². The Labute approximate surface area is 116 Å². The van der Waals surface area contributed by atoms with E-state index in [1.54, 1.807) is 0 Å². The van der Waals surface area contributed by atoms with E-state index in [1.807, 2.05) is 0 Å². The summed E-state index contributed by atoms with van der Waals surface area (Å²) < 4.78 is 40.0. The molecule has 0 fully saturated rings. The van der Waals surface area contributed by atoms with Crippen LogP contribution in [0.25, 0.3) is 0 Å². The van der Waals surface area contributed by atoms with Crippen LogP contribution in [-0.2, 0) is 6.42 Å². The van der Waals surface area contributed by atoms with Crippen LogP contribution in [0.3, 0.4) is 0 Å². The van der Waals surface area contributed by atoms with Crippen molar-refractivity contribution in [1.82, 2.24) is 0 Å². The molecular weight excluding hydrogens is 321 g/mol. The van der Waals surface area contributed by atoms with Crippen LogP contribution in [-0.4, -0.2) is 5.78 Å². The fraction of sp³-hybridized carbons (Fsp3) is 0.0714. The third kappa shape index (κ3) is 3.44. The highest BCUT2D eigenvalue weighted by atomic mass is 79.9. The second-order valence-electron chi connectivity index (χ2n) is 3.99. The first-order chi connectivity index (χ1) is 8.95. The number of carbonyl (C=O) groups is 1. The molecule has 19 heavy (non-hydrogen) atoms. The molecule has 0 saturated carbocycles. The highest BCUT2D eigenvalue weighted by molar-refractivity contribution is 9.10. The van der Waals surface area contributed by atoms with Crippen molar-refractivity contribution in [1.29, 1.82) is 0 Å². The molecule has 0 aliphatic rings. The number of carbonyl (C=O) groups excluding carboxylic acids is 1. The van der Waals surface area contributed by atoms with E-state index in [0.717, 1.165) is 24.3 Å². The van der Waals surface area contributed by atoms with Crippen molar-refractivity contribution in [3.8, 4) is 0 Å². The molecule has 5 heteroatoms. The van der Waals surface area contributed by atoms with E-state index in [-0.39, 0.29) is 17.5 Å². The predicted molar refractivity (Wildman–Crippen MR) is 68.5 cm³/mol. The summed E-state index contributed by atoms with van der Waals surface area (Å²) in [6.45, 7) is 0. The maximum absolute atomic E-state index is 13.4. The van der Waals surface area contributed by atoms with Crippen LogP contribution >= 0.6 is 15.9 Å². The van der Waals surface area contributed by atoms with E-state index in [0.29, 0.717) is 4.47 Å². The Morgan fingerprint density at radius 3 is 2.42 bits per heavy atom. The molecule has 0 bridgehead atoms. The molecule has 1 nitrogen and oxygen atoms in total. The van der Waals surface area contributed by atoms with Crippen molar-refractivity contribution < 1.29 is 18.0 Å². The lowest BCUT2D eigenvalue weighted by Gasteiger charge is -2.04. The zero-order valence-corrected chi connectivity index (χ0v) is 11.2. The molecule has 0 aliphatic carbocycles. The lowest BCUT2D eigenvalue weighted by atomic mass is 10.0. The fourth-order valence-electron chi connectivity index (χ4n) is 1.67. The molecule has 0 radical (unpaired) electrons. The standard InChI is InChI=1S/C14H8BrF3O/c15-10-3-9(5-12(17)7-10)14(19)6-8-4-11(16)1-2-13(8)18/h1-5,7H,6H2. The average molecular weight is 329 g/mol. The second-order valence-corrected chi connectivity index (χ2v) is 4.91. The molecule has 2 aromatic carbocycles. The number of rotatable bonds is 3. The number of hydrogen-bond acceptors (Lipinski definition) is 1. The lowest BCUT2D eigenvalue weighted by molar-refractivity contribution is 0.0991. The van der Waals surface area contributed by atoms with Crippen molar-refractivity contribution in [2.24, 2.45) is 0 Å². The van der Waals surface area contributed by atoms with Gasteiger partial charge in [-0.2, -0.15) is 0 Å². The van der Waals surface area contributed by atoms with Crippen LogP contribution in [0, 0.1) is 17.5 Å². The van der Waals surface area contributed by atoms with Gasteiger partial charge in [0, 0.05) is 16.5 Å². The van der Waals surface area contributed by atoms with E-state index in [2.05, 4.69) is 15.9 Å². The Kier molecular flexibility index (Phi) is 4.04. The molecule has 0 aromatic heterocycles. The van der Waals surface area contributed by atoms with Crippen molar-refractivity contribution in [2.45, 2.75) is 6.42 Å². The first-order valence-electron chi connectivity index (χ1n) is 5.39. The van der Waals surface area contributed by atoms with E-state index < -0.39 is 23.2 Å². The van der Waals surface area contributed by atoms with E-state index in [1.165, 1.54) is 12.1 Å². The van der Waals surface area contributed by atoms with Gasteiger partial charge in [-0.3, -0.25) is 4.79 Å². The SMILES string of the molecule is O=C(Cc1cc(F)ccc1F)c1cc(F)cc(Br)c1. The molecular formula is C14H8BrF3O. The number of hydrogen-bond donors (Lipinski definition) is 0. The van der Waals surface area contributed by atoms with Crippen molar-refractivity contribution in [2.75, 3.05) is 0 Å². The van der Waals surface area contributed by atoms with Crippen molar-refractivity contribution in [3.05, 3.63) is 69.4 Å². The molecule has 2 rings (SSSR count). The minimum absolute atomic E-state index is 0.0506. The summed E-state index contributed by atoms with van der Waals surface area (Å²) in [5.41, 5.74) is 0.0564. The number of halogens is 4. The van der Waals surface area contributed by atoms with Crippen LogP contribution in [0.2, 0.25) is 0 Å². The fourth-order valence-corrected chi connectivity index (χ4v) is 2.13. The summed E-state index contributed by atoms with van der Waals surface area (Å²) in [6.07, 6.45) is -0.320. The third-order valence-electron chi connectivity index (χ3n) is 2.54. The summed E-state index contributed by atoms with van der Waals surface area (Å²) in [5, 5.41) is 0. The Hall–Kier alpha value is -1.62. The Morgan fingerprint density at radius 2 is 1.74 bits per heavy atom. The van der Waals surface area contributed by atoms with Gasteiger partial charge < -0.3 is 0 Å². The smallest absolute Gasteiger partial charge is 0.167 e. The second kappa shape index (κ2) is 5.57. The molecule has 0 spiro atoms. The quantitative estimate of drug-likeness (QED) is 0.768. The molecule has 0 aliphatic heterocycles. The first kappa shape index (κ1) is 13.8. The molecule has 2 aromatic rings. The van der Waals surface area contributed by atoms with Crippen LogP contribution in [0.5, 0.6) is 0 Å². The molecule has 0 heterocycles. The first-order valence-corrected chi connectivity index (χ1v) is 6.18. The maximum atomic E-state index is 13.4. The van der Waals surface area contributed by atoms with Crippen molar-refractivity contribution >= 4 is 21.7 Å². The lowest BCUT2D eigenvalue weighted by Crippen LogP contribution is -2.06. The minimum Gasteiger partial charge on any atom is -0.294 e. The van der Waals surface area contributed by atoms with E-state index >= 15 is 0 Å². The molecule has 0 atom stereocenters. The van der Waals surface area contributed by atoms with Gasteiger partial charge in [-0.25, -0.2) is 13.2 Å². The van der Waals surface area contributed by atoms with Gasteiger partial charge in [-0.05, 0) is 42.0 Å². The molecule has 0 unspecified atom stereocenters. The van der Waals surface area contributed by atoms with Gasteiger partial charge >= 0.3 is 0 Å². The van der Waals surface area contributed by atoms with Crippen LogP contribution in [0.4, 0.5) is 13.2 Å². The van der Waals surface area contributed by atoms with Crippen LogP contribution in [0.15, 0.2) is 40.9 Å². The minimum atomic E-state index is -0.662. The van der Waals surface area contributed by atoms with Gasteiger partial charge in [0.15, 0.2) is 5.78 Å². The molecule has 0 saturated heterocycles.